The van der Waals surface area contributed by atoms with E-state index in [4.69, 9.17) is 10.2 Å². The Kier molecular flexibility index (Phi) is 5.47. The number of nitrogens with one attached hydrogen (secondary N) is 1. The van der Waals surface area contributed by atoms with Crippen molar-refractivity contribution < 1.29 is 30.6 Å². The highest BCUT2D eigenvalue weighted by molar-refractivity contribution is 5.04. The maximum atomic E-state index is 10.2. The van der Waals surface area contributed by atoms with Crippen LogP contribution in [0.1, 0.15) is 19.8 Å². The minimum Gasteiger partial charge on any atom is -0.395 e. The van der Waals surface area contributed by atoms with E-state index in [1.165, 1.54) is 0 Å². The predicted octanol–water partition coefficient (Wildman–Crippen LogP) is -3.07. The van der Waals surface area contributed by atoms with Crippen LogP contribution in [0.4, 0.5) is 0 Å². The lowest BCUT2D eigenvalue weighted by Crippen LogP contribution is -2.66. The van der Waals surface area contributed by atoms with Crippen molar-refractivity contribution in [3.05, 3.63) is 0 Å². The van der Waals surface area contributed by atoms with Gasteiger partial charge in [0, 0.05) is 6.04 Å². The first-order chi connectivity index (χ1) is 8.39. The van der Waals surface area contributed by atoms with E-state index in [9.17, 15) is 20.4 Å². The van der Waals surface area contributed by atoms with E-state index in [0.717, 1.165) is 0 Å². The fraction of sp³-hybridized carbons (Fsp3) is 1.00. The summed E-state index contributed by atoms with van der Waals surface area (Å²) in [4.78, 5) is 0. The number of rotatable bonds is 5. The summed E-state index contributed by atoms with van der Waals surface area (Å²) >= 11 is 0. The van der Waals surface area contributed by atoms with Gasteiger partial charge in [-0.1, -0.05) is 6.92 Å². The van der Waals surface area contributed by atoms with Gasteiger partial charge in [0.1, 0.15) is 12.2 Å². The topological polar surface area (TPSA) is 133 Å². The smallest absolute Gasteiger partial charge is 0.111 e. The van der Waals surface area contributed by atoms with Crippen molar-refractivity contribution >= 4 is 0 Å². The van der Waals surface area contributed by atoms with Crippen molar-refractivity contribution in [3.8, 4) is 0 Å². The lowest BCUT2D eigenvalue weighted by atomic mass is 9.74. The van der Waals surface area contributed by atoms with Crippen LogP contribution >= 0.6 is 0 Å². The first-order valence-corrected chi connectivity index (χ1v) is 6.14. The Balaban J connectivity index is 2.79. The van der Waals surface area contributed by atoms with Crippen LogP contribution in [0.5, 0.6) is 0 Å². The van der Waals surface area contributed by atoms with Gasteiger partial charge in [-0.3, -0.25) is 0 Å². The fourth-order valence-corrected chi connectivity index (χ4v) is 2.34. The third-order valence-corrected chi connectivity index (χ3v) is 3.71. The van der Waals surface area contributed by atoms with Gasteiger partial charge < -0.3 is 36.0 Å². The van der Waals surface area contributed by atoms with Crippen molar-refractivity contribution in [2.45, 2.75) is 55.8 Å². The molecule has 0 aromatic carbocycles. The number of aliphatic hydroxyl groups excluding tert-OH is 5. The minimum absolute atomic E-state index is 0.0272. The summed E-state index contributed by atoms with van der Waals surface area (Å²) in [5.74, 6) is 0. The summed E-state index contributed by atoms with van der Waals surface area (Å²) in [7, 11) is 0. The maximum absolute atomic E-state index is 10.2. The Morgan fingerprint density at radius 1 is 1.17 bits per heavy atom. The molecule has 0 aliphatic heterocycles. The number of aliphatic hydroxyl groups is 6. The molecule has 1 fully saturated rings. The van der Waals surface area contributed by atoms with E-state index in [1.807, 2.05) is 0 Å². The highest BCUT2D eigenvalue weighted by Crippen LogP contribution is 2.32. The molecule has 7 nitrogen and oxygen atoms in total. The standard InChI is InChI=1S/C11H23NO6/c1-2-11(18)3-7(12-6(4-13)5-14)8(15)9(16)10(11)17/h6-10,12-18H,2-5H2,1H3/t7-,8-,9+,10-,11+/m0/s1. The lowest BCUT2D eigenvalue weighted by Gasteiger charge is -2.46. The quantitative estimate of drug-likeness (QED) is 0.280. The maximum Gasteiger partial charge on any atom is 0.111 e. The summed E-state index contributed by atoms with van der Waals surface area (Å²) < 4.78 is 0. The van der Waals surface area contributed by atoms with Crippen LogP contribution < -0.4 is 5.32 Å². The molecule has 0 bridgehead atoms. The molecule has 1 rings (SSSR count). The third-order valence-electron chi connectivity index (χ3n) is 3.71. The van der Waals surface area contributed by atoms with Gasteiger partial charge in [0.2, 0.25) is 0 Å². The highest BCUT2D eigenvalue weighted by Gasteiger charge is 2.50. The van der Waals surface area contributed by atoms with Gasteiger partial charge in [-0.15, -0.1) is 0 Å². The summed E-state index contributed by atoms with van der Waals surface area (Å²) in [5, 5.41) is 60.2. The van der Waals surface area contributed by atoms with Crippen molar-refractivity contribution in [1.29, 1.82) is 0 Å². The Hall–Kier alpha value is -0.280. The van der Waals surface area contributed by atoms with E-state index >= 15 is 0 Å². The second-order valence-corrected chi connectivity index (χ2v) is 4.92. The SMILES string of the molecule is CC[C@@]1(O)C[C@H](NC(CO)CO)[C@H](O)[C@@H](O)[C@@H]1O. The fourth-order valence-electron chi connectivity index (χ4n) is 2.34. The lowest BCUT2D eigenvalue weighted by molar-refractivity contribution is -0.196. The highest BCUT2D eigenvalue weighted by atomic mass is 16.4. The van der Waals surface area contributed by atoms with Gasteiger partial charge in [0.15, 0.2) is 0 Å². The molecular weight excluding hydrogens is 242 g/mol. The first kappa shape index (κ1) is 15.8. The molecule has 0 aromatic heterocycles. The van der Waals surface area contributed by atoms with Gasteiger partial charge in [-0.2, -0.15) is 0 Å². The van der Waals surface area contributed by atoms with Crippen molar-refractivity contribution in [2.24, 2.45) is 0 Å². The van der Waals surface area contributed by atoms with Crippen molar-refractivity contribution in [2.75, 3.05) is 13.2 Å². The minimum atomic E-state index is -1.49. The molecule has 0 aromatic rings. The normalized spacial score (nSPS) is 41.3. The zero-order chi connectivity index (χ0) is 13.9. The Bertz CT molecular complexity index is 262. The zero-order valence-electron chi connectivity index (χ0n) is 10.4. The molecule has 7 N–H and O–H groups in total. The van der Waals surface area contributed by atoms with Gasteiger partial charge in [0.25, 0.3) is 0 Å². The van der Waals surface area contributed by atoms with Crippen molar-refractivity contribution in [1.82, 2.24) is 5.32 Å². The molecule has 108 valence electrons. The van der Waals surface area contributed by atoms with Gasteiger partial charge in [-0.05, 0) is 12.8 Å². The van der Waals surface area contributed by atoms with Crippen molar-refractivity contribution in [3.63, 3.8) is 0 Å². The zero-order valence-corrected chi connectivity index (χ0v) is 10.4. The molecule has 0 radical (unpaired) electrons. The van der Waals surface area contributed by atoms with Gasteiger partial charge in [0.05, 0.1) is 31.0 Å². The molecule has 1 aliphatic carbocycles. The van der Waals surface area contributed by atoms with Crippen LogP contribution in [0, 0.1) is 0 Å². The summed E-state index contributed by atoms with van der Waals surface area (Å²) in [5.41, 5.74) is -1.49. The van der Waals surface area contributed by atoms with Gasteiger partial charge in [-0.25, -0.2) is 0 Å². The van der Waals surface area contributed by atoms with Crippen LogP contribution in [0.3, 0.4) is 0 Å². The van der Waals surface area contributed by atoms with Crippen LogP contribution in [0.2, 0.25) is 0 Å². The second kappa shape index (κ2) is 6.25. The van der Waals surface area contributed by atoms with E-state index in [-0.39, 0.29) is 26.1 Å². The third kappa shape index (κ3) is 3.00. The predicted molar refractivity (Wildman–Crippen MR) is 62.8 cm³/mol. The van der Waals surface area contributed by atoms with E-state index < -0.39 is 36.0 Å². The summed E-state index contributed by atoms with van der Waals surface area (Å²) in [6.45, 7) is 1.01. The van der Waals surface area contributed by atoms with Crippen LogP contribution in [0.15, 0.2) is 0 Å². The Morgan fingerprint density at radius 2 is 1.72 bits per heavy atom. The summed E-state index contributed by atoms with van der Waals surface area (Å²) in [6, 6.07) is -1.36. The molecule has 0 spiro atoms. The molecule has 1 aliphatic rings. The molecular formula is C11H23NO6. The molecule has 18 heavy (non-hydrogen) atoms. The molecule has 1 saturated carbocycles. The second-order valence-electron chi connectivity index (χ2n) is 4.92. The molecule has 0 saturated heterocycles. The van der Waals surface area contributed by atoms with Crippen LogP contribution in [-0.4, -0.2) is 79.8 Å². The number of hydrogen-bond donors (Lipinski definition) is 7. The molecule has 5 atom stereocenters. The first-order valence-electron chi connectivity index (χ1n) is 6.14. The Morgan fingerprint density at radius 3 is 2.17 bits per heavy atom. The van der Waals surface area contributed by atoms with Gasteiger partial charge >= 0.3 is 0 Å². The summed E-state index contributed by atoms with van der Waals surface area (Å²) in [6.07, 6.45) is -3.91. The largest absolute Gasteiger partial charge is 0.395 e. The van der Waals surface area contributed by atoms with E-state index in [1.54, 1.807) is 6.92 Å². The van der Waals surface area contributed by atoms with Crippen LogP contribution in [-0.2, 0) is 0 Å². The molecule has 0 heterocycles. The Labute approximate surface area is 106 Å². The molecule has 0 amide bonds. The van der Waals surface area contributed by atoms with E-state index in [0.29, 0.717) is 0 Å². The molecule has 7 heteroatoms. The monoisotopic (exact) mass is 265 g/mol. The van der Waals surface area contributed by atoms with Crippen LogP contribution in [0.25, 0.3) is 0 Å². The average molecular weight is 265 g/mol. The molecule has 0 unspecified atom stereocenters. The number of hydrogen-bond acceptors (Lipinski definition) is 7. The average Bonchev–Trinajstić information content (AvgIpc) is 2.39. The van der Waals surface area contributed by atoms with E-state index in [2.05, 4.69) is 5.32 Å².